The van der Waals surface area contributed by atoms with Crippen LogP contribution in [0.5, 0.6) is 0 Å². The summed E-state index contributed by atoms with van der Waals surface area (Å²) in [4.78, 5) is 1.000. The predicted molar refractivity (Wildman–Crippen MR) is 64.9 cm³/mol. The van der Waals surface area contributed by atoms with Crippen LogP contribution in [0.15, 0.2) is 59.5 Å². The van der Waals surface area contributed by atoms with Crippen LogP contribution >= 0.6 is 12.6 Å². The maximum absolute atomic E-state index is 4.24. The van der Waals surface area contributed by atoms with Gasteiger partial charge >= 0.3 is 0 Å². The summed E-state index contributed by atoms with van der Waals surface area (Å²) in [7, 11) is 0. The topological polar surface area (TPSA) is 0 Å². The molecule has 65 valence electrons. The molecule has 0 bridgehead atoms. The average Bonchev–Trinajstić information content (AvgIpc) is 2.20. The predicted octanol–water partition coefficient (Wildman–Crippen LogP) is 3.26. The zero-order valence-electron chi connectivity index (χ0n) is 8.14. The molecule has 0 N–H and O–H groups in total. The maximum atomic E-state index is 4.24. The third-order valence-electron chi connectivity index (χ3n) is 1.97. The minimum Gasteiger partial charge on any atom is -0.143 e. The summed E-state index contributed by atoms with van der Waals surface area (Å²) in [6.45, 7) is 0. The Balaban J connectivity index is 0.000000980. The Kier molecular flexibility index (Phi) is 4.76. The average molecular weight is 209 g/mol. The molecule has 0 aromatic heterocycles. The first kappa shape index (κ1) is 11.9. The van der Waals surface area contributed by atoms with Crippen molar-refractivity contribution in [2.24, 2.45) is 0 Å². The van der Waals surface area contributed by atoms with Gasteiger partial charge in [-0.15, -0.1) is 12.6 Å². The van der Waals surface area contributed by atoms with Crippen molar-refractivity contribution in [3.8, 4) is 11.1 Å². The second kappa shape index (κ2) is 5.62. The van der Waals surface area contributed by atoms with Crippen molar-refractivity contribution in [3.63, 3.8) is 0 Å². The standard InChI is InChI=1S/C12H10S.Na/c13-12-8-6-11(7-9-12)10-4-2-1-3-5-10;/h1-9,13H;. The fourth-order valence-electron chi connectivity index (χ4n) is 1.28. The van der Waals surface area contributed by atoms with Crippen LogP contribution in [-0.4, -0.2) is 29.6 Å². The van der Waals surface area contributed by atoms with Crippen LogP contribution in [0.3, 0.4) is 0 Å². The van der Waals surface area contributed by atoms with Gasteiger partial charge in [-0.2, -0.15) is 0 Å². The third-order valence-corrected chi connectivity index (χ3v) is 2.27. The van der Waals surface area contributed by atoms with Gasteiger partial charge in [0.2, 0.25) is 0 Å². The van der Waals surface area contributed by atoms with E-state index in [2.05, 4.69) is 36.9 Å². The molecule has 0 unspecified atom stereocenters. The van der Waals surface area contributed by atoms with Crippen LogP contribution in [0.2, 0.25) is 0 Å². The summed E-state index contributed by atoms with van der Waals surface area (Å²) in [5.41, 5.74) is 2.48. The van der Waals surface area contributed by atoms with E-state index >= 15 is 0 Å². The molecule has 2 rings (SSSR count). The van der Waals surface area contributed by atoms with Gasteiger partial charge in [0, 0.05) is 34.5 Å². The van der Waals surface area contributed by atoms with Gasteiger partial charge in [-0.25, -0.2) is 0 Å². The van der Waals surface area contributed by atoms with Gasteiger partial charge < -0.3 is 0 Å². The number of hydrogen-bond donors (Lipinski definition) is 1. The molecule has 2 heteroatoms. The zero-order valence-corrected chi connectivity index (χ0v) is 11.0. The molecule has 0 aliphatic heterocycles. The second-order valence-electron chi connectivity index (χ2n) is 2.91. The number of hydrogen-bond acceptors (Lipinski definition) is 1. The van der Waals surface area contributed by atoms with E-state index < -0.39 is 0 Å². The van der Waals surface area contributed by atoms with Crippen LogP contribution in [0.25, 0.3) is 11.1 Å². The van der Waals surface area contributed by atoms with E-state index in [-0.39, 0.29) is 29.6 Å². The van der Waals surface area contributed by atoms with E-state index in [1.165, 1.54) is 11.1 Å². The van der Waals surface area contributed by atoms with Crippen LogP contribution in [-0.2, 0) is 0 Å². The monoisotopic (exact) mass is 209 g/mol. The fraction of sp³-hybridized carbons (Fsp3) is 0. The van der Waals surface area contributed by atoms with Crippen molar-refractivity contribution < 1.29 is 0 Å². The molecule has 2 aromatic carbocycles. The van der Waals surface area contributed by atoms with Gasteiger partial charge in [0.15, 0.2) is 0 Å². The molecule has 0 heterocycles. The molecule has 0 amide bonds. The molecule has 0 aliphatic rings. The summed E-state index contributed by atoms with van der Waals surface area (Å²) in [6.07, 6.45) is 0. The van der Waals surface area contributed by atoms with Gasteiger partial charge in [0.1, 0.15) is 0 Å². The van der Waals surface area contributed by atoms with Gasteiger partial charge in [-0.05, 0) is 23.3 Å². The number of rotatable bonds is 1. The van der Waals surface area contributed by atoms with E-state index in [9.17, 15) is 0 Å². The SMILES string of the molecule is Sc1ccc(-c2ccccc2)cc1.[Na]. The largest absolute Gasteiger partial charge is 0.143 e. The Bertz CT molecular complexity index is 381. The van der Waals surface area contributed by atoms with Crippen molar-refractivity contribution in [2.75, 3.05) is 0 Å². The first-order chi connectivity index (χ1) is 6.36. The molecule has 0 saturated carbocycles. The summed E-state index contributed by atoms with van der Waals surface area (Å²) >= 11 is 4.24. The minimum atomic E-state index is 0. The quantitative estimate of drug-likeness (QED) is 0.541. The molecule has 14 heavy (non-hydrogen) atoms. The molecule has 0 nitrogen and oxygen atoms in total. The molecule has 1 radical (unpaired) electrons. The minimum absolute atomic E-state index is 0. The maximum Gasteiger partial charge on any atom is 0.00404 e. The Labute approximate surface area is 112 Å². The summed E-state index contributed by atoms with van der Waals surface area (Å²) in [5.74, 6) is 0. The van der Waals surface area contributed by atoms with E-state index in [0.29, 0.717) is 0 Å². The summed E-state index contributed by atoms with van der Waals surface area (Å²) in [6, 6.07) is 18.5. The molecule has 0 fully saturated rings. The van der Waals surface area contributed by atoms with Crippen molar-refractivity contribution in [1.29, 1.82) is 0 Å². The van der Waals surface area contributed by atoms with Crippen molar-refractivity contribution in [2.45, 2.75) is 4.90 Å². The van der Waals surface area contributed by atoms with Crippen molar-refractivity contribution in [3.05, 3.63) is 54.6 Å². The molecule has 0 aliphatic carbocycles. The van der Waals surface area contributed by atoms with E-state index in [1.807, 2.05) is 30.3 Å². The number of benzene rings is 2. The van der Waals surface area contributed by atoms with Crippen LogP contribution < -0.4 is 0 Å². The first-order valence-corrected chi connectivity index (χ1v) is 4.65. The van der Waals surface area contributed by atoms with Gasteiger partial charge in [-0.1, -0.05) is 42.5 Å². The Hall–Kier alpha value is -0.210. The normalized spacial score (nSPS) is 9.21. The molecular weight excluding hydrogens is 199 g/mol. The van der Waals surface area contributed by atoms with Crippen molar-refractivity contribution in [1.82, 2.24) is 0 Å². The molecule has 2 aromatic rings. The van der Waals surface area contributed by atoms with E-state index in [0.717, 1.165) is 4.90 Å². The smallest absolute Gasteiger partial charge is 0.00404 e. The Morgan fingerprint density at radius 3 is 1.71 bits per heavy atom. The third kappa shape index (κ3) is 2.89. The van der Waals surface area contributed by atoms with Crippen LogP contribution in [0.4, 0.5) is 0 Å². The van der Waals surface area contributed by atoms with E-state index in [1.54, 1.807) is 0 Å². The fourth-order valence-corrected chi connectivity index (χ4v) is 1.43. The van der Waals surface area contributed by atoms with E-state index in [4.69, 9.17) is 0 Å². The van der Waals surface area contributed by atoms with Crippen LogP contribution in [0, 0.1) is 0 Å². The Morgan fingerprint density at radius 2 is 1.14 bits per heavy atom. The van der Waals surface area contributed by atoms with Gasteiger partial charge in [0.05, 0.1) is 0 Å². The zero-order chi connectivity index (χ0) is 9.10. The summed E-state index contributed by atoms with van der Waals surface area (Å²) in [5, 5.41) is 0. The molecule has 0 spiro atoms. The van der Waals surface area contributed by atoms with Crippen molar-refractivity contribution >= 4 is 42.2 Å². The number of thiol groups is 1. The summed E-state index contributed by atoms with van der Waals surface area (Å²) < 4.78 is 0. The molecular formula is C12H10NaS. The first-order valence-electron chi connectivity index (χ1n) is 4.21. The molecule has 0 atom stereocenters. The Morgan fingerprint density at radius 1 is 0.643 bits per heavy atom. The van der Waals surface area contributed by atoms with Gasteiger partial charge in [0.25, 0.3) is 0 Å². The van der Waals surface area contributed by atoms with Gasteiger partial charge in [-0.3, -0.25) is 0 Å². The molecule has 0 saturated heterocycles. The van der Waals surface area contributed by atoms with Crippen LogP contribution in [0.1, 0.15) is 0 Å². The second-order valence-corrected chi connectivity index (χ2v) is 3.43.